The Bertz CT molecular complexity index is 383. The quantitative estimate of drug-likeness (QED) is 0.783. The first kappa shape index (κ1) is 12.7. The average molecular weight is 254 g/mol. The fourth-order valence-corrected chi connectivity index (χ4v) is 2.59. The van der Waals surface area contributed by atoms with Crippen LogP contribution >= 0.6 is 11.6 Å². The van der Waals surface area contributed by atoms with Gasteiger partial charge in [0.15, 0.2) is 5.22 Å². The third-order valence-corrected chi connectivity index (χ3v) is 3.56. The van der Waals surface area contributed by atoms with Gasteiger partial charge < -0.3 is 9.73 Å². The standard InChI is InChI=1S/C14H20ClNO/c1-2-9-16-13(11-6-4-3-5-7-11)12-8-10-17-14(12)15/h6,8,10,13,16H,2-5,7,9H2,1H3. The molecule has 0 saturated heterocycles. The highest BCUT2D eigenvalue weighted by molar-refractivity contribution is 6.29. The van der Waals surface area contributed by atoms with E-state index in [-0.39, 0.29) is 6.04 Å². The van der Waals surface area contributed by atoms with Crippen LogP contribution in [0.3, 0.4) is 0 Å². The molecule has 0 saturated carbocycles. The molecule has 1 atom stereocenters. The molecule has 94 valence electrons. The van der Waals surface area contributed by atoms with Crippen LogP contribution in [0.5, 0.6) is 0 Å². The molecule has 1 heterocycles. The maximum Gasteiger partial charge on any atom is 0.198 e. The van der Waals surface area contributed by atoms with Crippen LogP contribution in [0.1, 0.15) is 50.6 Å². The Hall–Kier alpha value is -0.730. The molecule has 0 bridgehead atoms. The zero-order valence-electron chi connectivity index (χ0n) is 10.3. The van der Waals surface area contributed by atoms with Gasteiger partial charge in [-0.3, -0.25) is 0 Å². The van der Waals surface area contributed by atoms with Gasteiger partial charge in [-0.15, -0.1) is 0 Å². The van der Waals surface area contributed by atoms with Gasteiger partial charge in [0, 0.05) is 5.56 Å². The van der Waals surface area contributed by atoms with Gasteiger partial charge in [-0.2, -0.15) is 0 Å². The largest absolute Gasteiger partial charge is 0.453 e. The van der Waals surface area contributed by atoms with Crippen molar-refractivity contribution in [3.63, 3.8) is 0 Å². The number of rotatable bonds is 5. The summed E-state index contributed by atoms with van der Waals surface area (Å²) >= 11 is 6.10. The van der Waals surface area contributed by atoms with Gasteiger partial charge in [0.25, 0.3) is 0 Å². The minimum atomic E-state index is 0.237. The van der Waals surface area contributed by atoms with Crippen molar-refractivity contribution in [1.29, 1.82) is 0 Å². The Morgan fingerprint density at radius 1 is 1.47 bits per heavy atom. The van der Waals surface area contributed by atoms with Gasteiger partial charge in [-0.05, 0) is 56.3 Å². The van der Waals surface area contributed by atoms with Gasteiger partial charge in [0.2, 0.25) is 0 Å². The van der Waals surface area contributed by atoms with Crippen molar-refractivity contribution in [2.75, 3.05) is 6.54 Å². The van der Waals surface area contributed by atoms with E-state index >= 15 is 0 Å². The molecule has 1 aliphatic rings. The van der Waals surface area contributed by atoms with Crippen LogP contribution < -0.4 is 5.32 Å². The molecular weight excluding hydrogens is 234 g/mol. The zero-order chi connectivity index (χ0) is 12.1. The van der Waals surface area contributed by atoms with Gasteiger partial charge >= 0.3 is 0 Å². The molecule has 0 spiro atoms. The maximum absolute atomic E-state index is 6.10. The van der Waals surface area contributed by atoms with E-state index in [9.17, 15) is 0 Å². The summed E-state index contributed by atoms with van der Waals surface area (Å²) in [5.41, 5.74) is 2.54. The van der Waals surface area contributed by atoms with Crippen LogP contribution in [0.4, 0.5) is 0 Å². The van der Waals surface area contributed by atoms with Gasteiger partial charge in [0.05, 0.1) is 12.3 Å². The molecule has 0 radical (unpaired) electrons. The summed E-state index contributed by atoms with van der Waals surface area (Å²) in [6, 6.07) is 2.21. The molecule has 1 unspecified atom stereocenters. The normalized spacial score (nSPS) is 17.9. The van der Waals surface area contributed by atoms with Crippen molar-refractivity contribution in [2.24, 2.45) is 0 Å². The predicted molar refractivity (Wildman–Crippen MR) is 71.3 cm³/mol. The van der Waals surface area contributed by atoms with Crippen molar-refractivity contribution in [2.45, 2.75) is 45.1 Å². The molecule has 1 aromatic heterocycles. The summed E-state index contributed by atoms with van der Waals surface area (Å²) in [5.74, 6) is 0. The molecule has 0 fully saturated rings. The maximum atomic E-state index is 6.10. The molecule has 1 aliphatic carbocycles. The third kappa shape index (κ3) is 3.14. The summed E-state index contributed by atoms with van der Waals surface area (Å²) in [6.45, 7) is 3.18. The average Bonchev–Trinajstić information content (AvgIpc) is 2.78. The topological polar surface area (TPSA) is 25.2 Å². The molecule has 1 aromatic rings. The van der Waals surface area contributed by atoms with Crippen molar-refractivity contribution in [1.82, 2.24) is 5.32 Å². The SMILES string of the molecule is CCCNC(C1=CCCCC1)c1ccoc1Cl. The first-order valence-electron chi connectivity index (χ1n) is 6.48. The monoisotopic (exact) mass is 253 g/mol. The molecule has 0 amide bonds. The fraction of sp³-hybridized carbons (Fsp3) is 0.571. The van der Waals surface area contributed by atoms with Gasteiger partial charge in [-0.1, -0.05) is 18.6 Å². The van der Waals surface area contributed by atoms with Crippen LogP contribution in [-0.4, -0.2) is 6.54 Å². The van der Waals surface area contributed by atoms with Crippen LogP contribution in [0.2, 0.25) is 5.22 Å². The second-order valence-corrected chi connectivity index (χ2v) is 4.90. The summed E-state index contributed by atoms with van der Waals surface area (Å²) in [4.78, 5) is 0. The highest BCUT2D eigenvalue weighted by Crippen LogP contribution is 2.33. The Labute approximate surface area is 108 Å². The second kappa shape index (κ2) is 6.27. The number of hydrogen-bond acceptors (Lipinski definition) is 2. The number of nitrogens with one attached hydrogen (secondary N) is 1. The van der Waals surface area contributed by atoms with Crippen molar-refractivity contribution in [3.05, 3.63) is 34.8 Å². The Morgan fingerprint density at radius 3 is 2.94 bits per heavy atom. The smallest absolute Gasteiger partial charge is 0.198 e. The summed E-state index contributed by atoms with van der Waals surface area (Å²) in [6.07, 6.45) is 10.1. The molecular formula is C14H20ClNO. The van der Waals surface area contributed by atoms with E-state index in [1.807, 2.05) is 6.07 Å². The number of halogens is 1. The highest BCUT2D eigenvalue weighted by Gasteiger charge is 2.21. The van der Waals surface area contributed by atoms with E-state index in [0.29, 0.717) is 5.22 Å². The van der Waals surface area contributed by atoms with Crippen molar-refractivity contribution < 1.29 is 4.42 Å². The molecule has 2 rings (SSSR count). The minimum absolute atomic E-state index is 0.237. The number of furan rings is 1. The molecule has 17 heavy (non-hydrogen) atoms. The lowest BCUT2D eigenvalue weighted by Crippen LogP contribution is -2.24. The lowest BCUT2D eigenvalue weighted by molar-refractivity contribution is 0.528. The van der Waals surface area contributed by atoms with Crippen LogP contribution in [0.25, 0.3) is 0 Å². The highest BCUT2D eigenvalue weighted by atomic mass is 35.5. The lowest BCUT2D eigenvalue weighted by atomic mass is 9.91. The van der Waals surface area contributed by atoms with Crippen LogP contribution in [0, 0.1) is 0 Å². The molecule has 3 heteroatoms. The van der Waals surface area contributed by atoms with E-state index in [1.54, 1.807) is 6.26 Å². The summed E-state index contributed by atoms with van der Waals surface area (Å²) in [5, 5.41) is 4.09. The predicted octanol–water partition coefficient (Wildman–Crippen LogP) is 4.47. The fourth-order valence-electron chi connectivity index (χ4n) is 2.36. The number of allylic oxidation sites excluding steroid dienone is 1. The summed E-state index contributed by atoms with van der Waals surface area (Å²) < 4.78 is 5.21. The van der Waals surface area contributed by atoms with Gasteiger partial charge in [-0.25, -0.2) is 0 Å². The molecule has 2 nitrogen and oxygen atoms in total. The zero-order valence-corrected chi connectivity index (χ0v) is 11.1. The molecule has 0 aromatic carbocycles. The Kier molecular flexibility index (Phi) is 4.69. The van der Waals surface area contributed by atoms with Crippen molar-refractivity contribution in [3.8, 4) is 0 Å². The Balaban J connectivity index is 2.18. The van der Waals surface area contributed by atoms with E-state index in [1.165, 1.54) is 31.3 Å². The lowest BCUT2D eigenvalue weighted by Gasteiger charge is -2.23. The van der Waals surface area contributed by atoms with Crippen LogP contribution in [-0.2, 0) is 0 Å². The van der Waals surface area contributed by atoms with Crippen molar-refractivity contribution >= 4 is 11.6 Å². The van der Waals surface area contributed by atoms with E-state index in [4.69, 9.17) is 16.0 Å². The minimum Gasteiger partial charge on any atom is -0.453 e. The summed E-state index contributed by atoms with van der Waals surface area (Å²) in [7, 11) is 0. The third-order valence-electron chi connectivity index (χ3n) is 3.25. The van der Waals surface area contributed by atoms with E-state index in [0.717, 1.165) is 18.5 Å². The number of hydrogen-bond donors (Lipinski definition) is 1. The Morgan fingerprint density at radius 2 is 2.35 bits per heavy atom. The van der Waals surface area contributed by atoms with Gasteiger partial charge in [0.1, 0.15) is 0 Å². The van der Waals surface area contributed by atoms with E-state index < -0.39 is 0 Å². The second-order valence-electron chi connectivity index (χ2n) is 4.56. The van der Waals surface area contributed by atoms with E-state index in [2.05, 4.69) is 18.3 Å². The molecule has 0 aliphatic heterocycles. The molecule has 1 N–H and O–H groups in total. The first-order valence-corrected chi connectivity index (χ1v) is 6.86. The first-order chi connectivity index (χ1) is 8.33. The van der Waals surface area contributed by atoms with Crippen LogP contribution in [0.15, 0.2) is 28.4 Å².